The van der Waals surface area contributed by atoms with Crippen LogP contribution >= 0.6 is 0 Å². The van der Waals surface area contributed by atoms with Crippen LogP contribution in [-0.4, -0.2) is 12.3 Å². The molecule has 0 unspecified atom stereocenters. The van der Waals surface area contributed by atoms with E-state index in [1.165, 1.54) is 0 Å². The summed E-state index contributed by atoms with van der Waals surface area (Å²) >= 11 is 0. The Balaban J connectivity index is 0.00000240. The zero-order valence-corrected chi connectivity index (χ0v) is 15.6. The summed E-state index contributed by atoms with van der Waals surface area (Å²) in [5.41, 5.74) is -0.328. The second-order valence-corrected chi connectivity index (χ2v) is 7.23. The Morgan fingerprint density at radius 2 is 1.47 bits per heavy atom. The van der Waals surface area contributed by atoms with Crippen LogP contribution in [0.3, 0.4) is 0 Å². The fourth-order valence-electron chi connectivity index (χ4n) is 3.48. The van der Waals surface area contributed by atoms with E-state index in [4.69, 9.17) is 4.74 Å². The number of halogens is 5. The van der Waals surface area contributed by atoms with Gasteiger partial charge in [-0.1, -0.05) is 27.2 Å². The number of carbonyl (C=O) groups is 1. The first-order valence-corrected chi connectivity index (χ1v) is 9.19. The van der Waals surface area contributed by atoms with Gasteiger partial charge < -0.3 is 9.47 Å². The fraction of sp³-hybridized carbons (Fsp3) is 0.409. The summed E-state index contributed by atoms with van der Waals surface area (Å²) < 4.78 is 74.0. The highest BCUT2D eigenvalue weighted by Gasteiger charge is 2.31. The Morgan fingerprint density at radius 1 is 0.967 bits per heavy atom. The van der Waals surface area contributed by atoms with Gasteiger partial charge in [-0.2, -0.15) is 0 Å². The highest BCUT2D eigenvalue weighted by molar-refractivity contribution is 5.91. The van der Waals surface area contributed by atoms with E-state index in [-0.39, 0.29) is 20.5 Å². The smallest absolute Gasteiger partial charge is 0.423 e. The van der Waals surface area contributed by atoms with Crippen LogP contribution in [0.2, 0.25) is 0 Å². The molecule has 0 radical (unpaired) electrons. The highest BCUT2D eigenvalue weighted by atomic mass is 19.4. The van der Waals surface area contributed by atoms with Gasteiger partial charge in [-0.15, -0.1) is 13.2 Å². The SMILES string of the molecule is C.CC1CCC(c2cc(F)c(C(=O)Oc3ccc(OC(F)(F)F)cc3)c(F)c2)CC1.[HH]. The number of hydrogen-bond acceptors (Lipinski definition) is 3. The van der Waals surface area contributed by atoms with Crippen molar-refractivity contribution in [1.82, 2.24) is 0 Å². The molecule has 1 aliphatic rings. The van der Waals surface area contributed by atoms with Crippen molar-refractivity contribution < 1.29 is 37.6 Å². The lowest BCUT2D eigenvalue weighted by Crippen LogP contribution is -2.17. The van der Waals surface area contributed by atoms with Crippen LogP contribution in [0.1, 0.15) is 63.3 Å². The van der Waals surface area contributed by atoms with Gasteiger partial charge in [0.25, 0.3) is 0 Å². The number of ether oxygens (including phenoxy) is 2. The van der Waals surface area contributed by atoms with Crippen LogP contribution in [0.15, 0.2) is 36.4 Å². The molecule has 0 saturated heterocycles. The third-order valence-electron chi connectivity index (χ3n) is 5.02. The zero-order valence-electron chi connectivity index (χ0n) is 15.6. The molecule has 8 heteroatoms. The van der Waals surface area contributed by atoms with Crippen molar-refractivity contribution >= 4 is 5.97 Å². The number of rotatable bonds is 4. The molecule has 0 amide bonds. The van der Waals surface area contributed by atoms with Gasteiger partial charge in [0.2, 0.25) is 0 Å². The largest absolute Gasteiger partial charge is 0.573 e. The van der Waals surface area contributed by atoms with E-state index in [0.717, 1.165) is 62.1 Å². The molecule has 2 aromatic rings. The zero-order chi connectivity index (χ0) is 21.2. The second-order valence-electron chi connectivity index (χ2n) is 7.23. The van der Waals surface area contributed by atoms with Crippen molar-refractivity contribution in [3.05, 3.63) is 59.2 Å². The van der Waals surface area contributed by atoms with E-state index in [9.17, 15) is 26.7 Å². The van der Waals surface area contributed by atoms with Crippen molar-refractivity contribution in [2.75, 3.05) is 0 Å². The summed E-state index contributed by atoms with van der Waals surface area (Å²) in [4.78, 5) is 12.2. The molecule has 0 heterocycles. The Labute approximate surface area is 173 Å². The first kappa shape index (κ1) is 23.6. The van der Waals surface area contributed by atoms with E-state index in [1.54, 1.807) is 0 Å². The third kappa shape index (κ3) is 5.93. The molecule has 1 fully saturated rings. The molecule has 30 heavy (non-hydrogen) atoms. The lowest BCUT2D eigenvalue weighted by Gasteiger charge is -2.26. The summed E-state index contributed by atoms with van der Waals surface area (Å²) in [7, 11) is 0. The van der Waals surface area contributed by atoms with Crippen LogP contribution in [0.4, 0.5) is 22.0 Å². The summed E-state index contributed by atoms with van der Waals surface area (Å²) in [6.07, 6.45) is -1.24. The number of hydrogen-bond donors (Lipinski definition) is 0. The van der Waals surface area contributed by atoms with E-state index >= 15 is 0 Å². The average Bonchev–Trinajstić information content (AvgIpc) is 2.62. The summed E-state index contributed by atoms with van der Waals surface area (Å²) in [6, 6.07) is 6.23. The van der Waals surface area contributed by atoms with Crippen LogP contribution in [-0.2, 0) is 0 Å². The van der Waals surface area contributed by atoms with Crippen LogP contribution in [0.25, 0.3) is 0 Å². The van der Waals surface area contributed by atoms with E-state index in [2.05, 4.69) is 11.7 Å². The Bertz CT molecular complexity index is 853. The highest BCUT2D eigenvalue weighted by Crippen LogP contribution is 2.36. The van der Waals surface area contributed by atoms with Gasteiger partial charge in [-0.25, -0.2) is 13.6 Å². The predicted octanol–water partition coefficient (Wildman–Crippen LogP) is 7.26. The second kappa shape index (κ2) is 9.45. The molecule has 3 rings (SSSR count). The molecule has 0 atom stereocenters. The summed E-state index contributed by atoms with van der Waals surface area (Å²) in [5.74, 6) is -3.38. The molecular formula is C22H25F5O3. The van der Waals surface area contributed by atoms with Gasteiger partial charge in [0.05, 0.1) is 0 Å². The standard InChI is InChI=1S/C21H19F5O3.CH4.H2/c1-12-2-4-13(5-3-12)14-10-17(22)19(18(23)11-14)20(27)28-15-6-8-16(9-7-15)29-21(24,25)26;;/h6-13H,2-5H2,1H3;1H4;1H. The number of alkyl halides is 3. The lowest BCUT2D eigenvalue weighted by molar-refractivity contribution is -0.274. The average molecular weight is 432 g/mol. The monoisotopic (exact) mass is 432 g/mol. The normalized spacial score (nSPS) is 19.0. The maximum absolute atomic E-state index is 14.5. The first-order valence-electron chi connectivity index (χ1n) is 9.19. The van der Waals surface area contributed by atoms with Crippen molar-refractivity contribution in [3.63, 3.8) is 0 Å². The van der Waals surface area contributed by atoms with Crippen LogP contribution < -0.4 is 9.47 Å². The van der Waals surface area contributed by atoms with E-state index in [1.807, 2.05) is 0 Å². The molecule has 1 aliphatic carbocycles. The minimum Gasteiger partial charge on any atom is -0.423 e. The van der Waals surface area contributed by atoms with Gasteiger partial charge in [0.1, 0.15) is 28.7 Å². The van der Waals surface area contributed by atoms with Gasteiger partial charge in [0, 0.05) is 1.43 Å². The molecule has 0 aromatic heterocycles. The topological polar surface area (TPSA) is 35.5 Å². The number of esters is 1. The van der Waals surface area contributed by atoms with Gasteiger partial charge in [-0.3, -0.25) is 0 Å². The van der Waals surface area contributed by atoms with Gasteiger partial charge in [-0.05, 0) is 66.6 Å². The van der Waals surface area contributed by atoms with Crippen LogP contribution in [0.5, 0.6) is 11.5 Å². The Kier molecular flexibility index (Phi) is 7.44. The predicted molar refractivity (Wildman–Crippen MR) is 104 cm³/mol. The lowest BCUT2D eigenvalue weighted by atomic mass is 9.79. The molecule has 1 saturated carbocycles. The number of benzene rings is 2. The molecule has 3 nitrogen and oxygen atoms in total. The molecule has 0 bridgehead atoms. The van der Waals surface area contributed by atoms with Gasteiger partial charge >= 0.3 is 12.3 Å². The number of carbonyl (C=O) groups excluding carboxylic acids is 1. The third-order valence-corrected chi connectivity index (χ3v) is 5.02. The Hall–Kier alpha value is -2.64. The quantitative estimate of drug-likeness (QED) is 0.290. The minimum absolute atomic E-state index is 0. The Morgan fingerprint density at radius 3 is 1.97 bits per heavy atom. The minimum atomic E-state index is -4.86. The van der Waals surface area contributed by atoms with Gasteiger partial charge in [0.15, 0.2) is 0 Å². The van der Waals surface area contributed by atoms with E-state index in [0.29, 0.717) is 11.5 Å². The molecule has 0 spiro atoms. The molecular weight excluding hydrogens is 407 g/mol. The van der Waals surface area contributed by atoms with Crippen molar-refractivity contribution in [2.24, 2.45) is 5.92 Å². The van der Waals surface area contributed by atoms with Crippen molar-refractivity contribution in [2.45, 2.75) is 52.3 Å². The summed E-state index contributed by atoms with van der Waals surface area (Å²) in [5, 5.41) is 0. The van der Waals surface area contributed by atoms with Crippen molar-refractivity contribution in [1.29, 1.82) is 0 Å². The molecule has 166 valence electrons. The molecule has 0 aliphatic heterocycles. The fourth-order valence-corrected chi connectivity index (χ4v) is 3.48. The molecule has 2 aromatic carbocycles. The van der Waals surface area contributed by atoms with E-state index < -0.39 is 35.3 Å². The summed E-state index contributed by atoms with van der Waals surface area (Å²) in [6.45, 7) is 2.14. The first-order chi connectivity index (χ1) is 13.6. The maximum Gasteiger partial charge on any atom is 0.573 e. The molecule has 0 N–H and O–H groups in total. The van der Waals surface area contributed by atoms with Crippen LogP contribution in [0, 0.1) is 17.6 Å². The van der Waals surface area contributed by atoms with Crippen molar-refractivity contribution in [3.8, 4) is 11.5 Å². The maximum atomic E-state index is 14.5.